The highest BCUT2D eigenvalue weighted by molar-refractivity contribution is 5.97. The van der Waals surface area contributed by atoms with E-state index in [0.717, 1.165) is 18.4 Å². The van der Waals surface area contributed by atoms with E-state index >= 15 is 0 Å². The number of hydrazone groups is 1. The number of carbonyl (C=O) groups excluding carboxylic acids is 2. The molecule has 0 aromatic heterocycles. The number of ether oxygens (including phenoxy) is 4. The van der Waals surface area contributed by atoms with Gasteiger partial charge in [0.1, 0.15) is 0 Å². The van der Waals surface area contributed by atoms with Crippen LogP contribution in [0.1, 0.15) is 42.6 Å². The average Bonchev–Trinajstić information content (AvgIpc) is 3.27. The van der Waals surface area contributed by atoms with E-state index < -0.39 is 11.8 Å². The number of unbranched alkanes of at least 4 members (excludes halogenated alkanes) is 1. The van der Waals surface area contributed by atoms with Gasteiger partial charge in [-0.25, -0.2) is 5.43 Å². The molecule has 170 valence electrons. The average molecular weight is 441 g/mol. The molecule has 1 aliphatic rings. The van der Waals surface area contributed by atoms with Gasteiger partial charge in [0.25, 0.3) is 11.8 Å². The van der Waals surface area contributed by atoms with Crippen molar-refractivity contribution < 1.29 is 28.5 Å². The maximum absolute atomic E-state index is 12.2. The van der Waals surface area contributed by atoms with Gasteiger partial charge in [0.15, 0.2) is 23.0 Å². The summed E-state index contributed by atoms with van der Waals surface area (Å²) < 4.78 is 21.8. The lowest BCUT2D eigenvalue weighted by atomic mass is 10.2. The third kappa shape index (κ3) is 6.37. The van der Waals surface area contributed by atoms with Gasteiger partial charge in [-0.05, 0) is 55.3 Å². The molecule has 9 nitrogen and oxygen atoms in total. The number of amides is 2. The lowest BCUT2D eigenvalue weighted by molar-refractivity contribution is -0.120. The van der Waals surface area contributed by atoms with E-state index in [1.807, 2.05) is 19.1 Å². The molecule has 0 bridgehead atoms. The standard InChI is InChI=1S/C23H27N3O6/c1-3-5-10-30-18-8-6-16(11-20(18)29-4-2)13-25-26-22(27)14-24-23(28)17-7-9-19-21(12-17)32-15-31-19/h6-9,11-13H,3-5,10,14-15H2,1-2H3,(H,24,28)(H,26,27)/b25-13-. The lowest BCUT2D eigenvalue weighted by Gasteiger charge is -2.12. The van der Waals surface area contributed by atoms with Gasteiger partial charge in [-0.2, -0.15) is 5.10 Å². The number of hydrogen-bond acceptors (Lipinski definition) is 7. The molecular weight excluding hydrogens is 414 g/mol. The molecule has 0 spiro atoms. The van der Waals surface area contributed by atoms with Crippen LogP contribution in [0.15, 0.2) is 41.5 Å². The Morgan fingerprint density at radius 1 is 1.06 bits per heavy atom. The van der Waals surface area contributed by atoms with Gasteiger partial charge in [0.2, 0.25) is 6.79 Å². The smallest absolute Gasteiger partial charge is 0.259 e. The fraction of sp³-hybridized carbons (Fsp3) is 0.348. The number of hydrogen-bond donors (Lipinski definition) is 2. The number of nitrogens with zero attached hydrogens (tertiary/aromatic N) is 1. The summed E-state index contributed by atoms with van der Waals surface area (Å²) in [4.78, 5) is 24.2. The summed E-state index contributed by atoms with van der Waals surface area (Å²) >= 11 is 0. The molecule has 32 heavy (non-hydrogen) atoms. The first-order valence-corrected chi connectivity index (χ1v) is 10.5. The van der Waals surface area contributed by atoms with Crippen LogP contribution in [0.25, 0.3) is 0 Å². The third-order valence-electron chi connectivity index (χ3n) is 4.47. The van der Waals surface area contributed by atoms with Gasteiger partial charge >= 0.3 is 0 Å². The van der Waals surface area contributed by atoms with Gasteiger partial charge in [-0.3, -0.25) is 9.59 Å². The third-order valence-corrected chi connectivity index (χ3v) is 4.47. The van der Waals surface area contributed by atoms with Gasteiger partial charge in [-0.1, -0.05) is 13.3 Å². The molecule has 2 amide bonds. The topological polar surface area (TPSA) is 107 Å². The van der Waals surface area contributed by atoms with Crippen molar-refractivity contribution in [2.45, 2.75) is 26.7 Å². The van der Waals surface area contributed by atoms with Crippen molar-refractivity contribution in [3.63, 3.8) is 0 Å². The summed E-state index contributed by atoms with van der Waals surface area (Å²) in [6.45, 7) is 5.03. The van der Waals surface area contributed by atoms with Crippen LogP contribution in [0.2, 0.25) is 0 Å². The van der Waals surface area contributed by atoms with Crippen LogP contribution < -0.4 is 29.7 Å². The van der Waals surface area contributed by atoms with Crippen molar-refractivity contribution >= 4 is 18.0 Å². The highest BCUT2D eigenvalue weighted by Crippen LogP contribution is 2.32. The van der Waals surface area contributed by atoms with Crippen LogP contribution in [0.4, 0.5) is 0 Å². The van der Waals surface area contributed by atoms with E-state index in [9.17, 15) is 9.59 Å². The Kier molecular flexibility index (Phi) is 8.30. The van der Waals surface area contributed by atoms with E-state index in [1.165, 1.54) is 6.21 Å². The van der Waals surface area contributed by atoms with Crippen LogP contribution in [-0.2, 0) is 4.79 Å². The summed E-state index contributed by atoms with van der Waals surface area (Å²) in [5.41, 5.74) is 3.49. The molecule has 0 fully saturated rings. The van der Waals surface area contributed by atoms with Gasteiger partial charge < -0.3 is 24.3 Å². The largest absolute Gasteiger partial charge is 0.490 e. The molecule has 0 saturated heterocycles. The Labute approximate surface area is 186 Å². The first-order valence-electron chi connectivity index (χ1n) is 10.5. The van der Waals surface area contributed by atoms with Gasteiger partial charge in [0.05, 0.1) is 26.0 Å². The van der Waals surface area contributed by atoms with Crippen molar-refractivity contribution in [1.29, 1.82) is 0 Å². The molecule has 9 heteroatoms. The molecule has 0 atom stereocenters. The maximum Gasteiger partial charge on any atom is 0.259 e. The first-order chi connectivity index (χ1) is 15.6. The molecule has 3 rings (SSSR count). The zero-order valence-electron chi connectivity index (χ0n) is 18.2. The number of rotatable bonds is 11. The van der Waals surface area contributed by atoms with Crippen molar-refractivity contribution in [3.8, 4) is 23.0 Å². The Morgan fingerprint density at radius 2 is 1.91 bits per heavy atom. The zero-order chi connectivity index (χ0) is 22.8. The monoisotopic (exact) mass is 441 g/mol. The molecule has 0 unspecified atom stereocenters. The van der Waals surface area contributed by atoms with Crippen molar-refractivity contribution in [2.24, 2.45) is 5.10 Å². The second-order valence-corrected chi connectivity index (χ2v) is 6.89. The first kappa shape index (κ1) is 22.9. The quantitative estimate of drug-likeness (QED) is 0.315. The second kappa shape index (κ2) is 11.6. The number of nitrogens with one attached hydrogen (secondary N) is 2. The minimum Gasteiger partial charge on any atom is -0.490 e. The Hall–Kier alpha value is -3.75. The number of carbonyl (C=O) groups is 2. The van der Waals surface area contributed by atoms with E-state index in [2.05, 4.69) is 22.8 Å². The van der Waals surface area contributed by atoms with Gasteiger partial charge in [0, 0.05) is 5.56 Å². The molecule has 2 N–H and O–H groups in total. The predicted molar refractivity (Wildman–Crippen MR) is 119 cm³/mol. The van der Waals surface area contributed by atoms with E-state index in [0.29, 0.717) is 41.8 Å². The molecule has 1 aliphatic heterocycles. The summed E-state index contributed by atoms with van der Waals surface area (Å²) in [5.74, 6) is 1.52. The van der Waals surface area contributed by atoms with Crippen LogP contribution in [0.5, 0.6) is 23.0 Å². The highest BCUT2D eigenvalue weighted by Gasteiger charge is 2.16. The summed E-state index contributed by atoms with van der Waals surface area (Å²) in [7, 11) is 0. The maximum atomic E-state index is 12.2. The van der Waals surface area contributed by atoms with Crippen LogP contribution >= 0.6 is 0 Å². The summed E-state index contributed by atoms with van der Waals surface area (Å²) in [6.07, 6.45) is 3.51. The molecule has 2 aromatic rings. The number of fused-ring (bicyclic) bond motifs is 1. The fourth-order valence-corrected chi connectivity index (χ4v) is 2.84. The summed E-state index contributed by atoms with van der Waals surface area (Å²) in [6, 6.07) is 10.3. The van der Waals surface area contributed by atoms with E-state index in [-0.39, 0.29) is 13.3 Å². The summed E-state index contributed by atoms with van der Waals surface area (Å²) in [5, 5.41) is 6.48. The Bertz CT molecular complexity index is 976. The molecule has 0 saturated carbocycles. The predicted octanol–water partition coefficient (Wildman–Crippen LogP) is 2.87. The van der Waals surface area contributed by atoms with Crippen molar-refractivity contribution in [1.82, 2.24) is 10.7 Å². The second-order valence-electron chi connectivity index (χ2n) is 6.89. The highest BCUT2D eigenvalue weighted by atomic mass is 16.7. The van der Waals surface area contributed by atoms with Crippen LogP contribution in [0.3, 0.4) is 0 Å². The normalized spacial score (nSPS) is 11.9. The Balaban J connectivity index is 1.49. The molecule has 0 aliphatic carbocycles. The van der Waals surface area contributed by atoms with Crippen LogP contribution in [-0.4, -0.2) is 44.6 Å². The van der Waals surface area contributed by atoms with Gasteiger partial charge in [-0.15, -0.1) is 0 Å². The molecule has 0 radical (unpaired) electrons. The van der Waals surface area contributed by atoms with E-state index in [4.69, 9.17) is 18.9 Å². The minimum absolute atomic E-state index is 0.126. The zero-order valence-corrected chi connectivity index (χ0v) is 18.2. The van der Waals surface area contributed by atoms with Crippen LogP contribution in [0, 0.1) is 0 Å². The van der Waals surface area contributed by atoms with Crippen molar-refractivity contribution in [3.05, 3.63) is 47.5 Å². The minimum atomic E-state index is -0.458. The SMILES string of the molecule is CCCCOc1ccc(/C=N\NC(=O)CNC(=O)c2ccc3c(c2)OCO3)cc1OCC. The van der Waals surface area contributed by atoms with E-state index in [1.54, 1.807) is 24.3 Å². The Morgan fingerprint density at radius 3 is 2.72 bits per heavy atom. The van der Waals surface area contributed by atoms with Crippen molar-refractivity contribution in [2.75, 3.05) is 26.6 Å². The number of benzene rings is 2. The lowest BCUT2D eigenvalue weighted by Crippen LogP contribution is -2.34. The fourth-order valence-electron chi connectivity index (χ4n) is 2.84. The molecular formula is C23H27N3O6. The molecule has 1 heterocycles. The molecule has 2 aromatic carbocycles.